The molecule has 1 aliphatic rings. The number of aryl methyl sites for hydroxylation is 1. The van der Waals surface area contributed by atoms with Crippen LogP contribution >= 0.6 is 0 Å². The van der Waals surface area contributed by atoms with E-state index in [0.29, 0.717) is 24.7 Å². The van der Waals surface area contributed by atoms with E-state index >= 15 is 0 Å². The largest absolute Gasteiger partial charge is 0.473 e. The molecule has 24 heavy (non-hydrogen) atoms. The summed E-state index contributed by atoms with van der Waals surface area (Å²) < 4.78 is 45.5. The van der Waals surface area contributed by atoms with Crippen LogP contribution in [0.4, 0.5) is 4.39 Å². The van der Waals surface area contributed by atoms with E-state index in [-0.39, 0.29) is 17.5 Å². The molecule has 1 aromatic heterocycles. The van der Waals surface area contributed by atoms with Gasteiger partial charge in [-0.25, -0.2) is 17.8 Å². The molecule has 0 bridgehead atoms. The molecule has 2 aromatic rings. The Morgan fingerprint density at radius 3 is 2.71 bits per heavy atom. The van der Waals surface area contributed by atoms with Gasteiger partial charge in [-0.05, 0) is 44.0 Å². The van der Waals surface area contributed by atoms with E-state index in [0.717, 1.165) is 18.6 Å². The lowest BCUT2D eigenvalue weighted by Crippen LogP contribution is -2.44. The van der Waals surface area contributed by atoms with Gasteiger partial charge in [0, 0.05) is 18.8 Å². The van der Waals surface area contributed by atoms with Crippen molar-refractivity contribution in [3.05, 3.63) is 48.2 Å². The molecule has 1 aliphatic heterocycles. The van der Waals surface area contributed by atoms with Crippen LogP contribution in [0.5, 0.6) is 5.88 Å². The zero-order valence-electron chi connectivity index (χ0n) is 13.2. The summed E-state index contributed by atoms with van der Waals surface area (Å²) in [6.45, 7) is 2.42. The Hall–Kier alpha value is -2.06. The molecule has 1 aromatic carbocycles. The van der Waals surface area contributed by atoms with E-state index in [9.17, 15) is 12.8 Å². The second-order valence-electron chi connectivity index (χ2n) is 5.64. The van der Waals surface area contributed by atoms with Crippen LogP contribution < -0.4 is 4.74 Å². The first-order chi connectivity index (χ1) is 11.4. The first-order valence-corrected chi connectivity index (χ1v) is 9.11. The van der Waals surface area contributed by atoms with Crippen LogP contribution in [0.3, 0.4) is 0 Å². The van der Waals surface area contributed by atoms with Crippen molar-refractivity contribution in [3.8, 4) is 5.88 Å². The van der Waals surface area contributed by atoms with Gasteiger partial charge >= 0.3 is 0 Å². The van der Waals surface area contributed by atoms with Crippen molar-refractivity contribution < 1.29 is 17.5 Å². The highest BCUT2D eigenvalue weighted by Gasteiger charge is 2.31. The molecule has 2 heterocycles. The molecule has 0 radical (unpaired) electrons. The lowest BCUT2D eigenvalue weighted by molar-refractivity contribution is 0.124. The lowest BCUT2D eigenvalue weighted by Gasteiger charge is -2.31. The monoisotopic (exact) mass is 351 g/mol. The maximum absolute atomic E-state index is 13.0. The van der Waals surface area contributed by atoms with Gasteiger partial charge in [0.15, 0.2) is 0 Å². The van der Waals surface area contributed by atoms with E-state index in [1.54, 1.807) is 19.2 Å². The SMILES string of the molecule is Cc1nccc(OC2CCCN(S(=O)(=O)c3ccc(F)cc3)C2)n1. The number of benzene rings is 1. The summed E-state index contributed by atoms with van der Waals surface area (Å²) >= 11 is 0. The number of halogens is 1. The number of nitrogens with zero attached hydrogens (tertiary/aromatic N) is 3. The molecular formula is C16H18FN3O3S. The highest BCUT2D eigenvalue weighted by Crippen LogP contribution is 2.23. The molecule has 8 heteroatoms. The molecule has 0 saturated carbocycles. The van der Waals surface area contributed by atoms with Crippen molar-refractivity contribution in [2.45, 2.75) is 30.8 Å². The van der Waals surface area contributed by atoms with Crippen molar-refractivity contribution in [1.82, 2.24) is 14.3 Å². The standard InChI is InChI=1S/C16H18FN3O3S/c1-12-18-9-8-16(19-12)23-14-3-2-10-20(11-14)24(21,22)15-6-4-13(17)5-7-15/h4-9,14H,2-3,10-11H2,1H3. The number of sulfonamides is 1. The van der Waals surface area contributed by atoms with Gasteiger partial charge in [-0.3, -0.25) is 0 Å². The third-order valence-electron chi connectivity index (χ3n) is 3.83. The minimum Gasteiger partial charge on any atom is -0.473 e. The van der Waals surface area contributed by atoms with Gasteiger partial charge in [0.05, 0.1) is 11.4 Å². The van der Waals surface area contributed by atoms with Crippen LogP contribution in [-0.2, 0) is 10.0 Å². The van der Waals surface area contributed by atoms with Gasteiger partial charge in [-0.1, -0.05) is 0 Å². The summed E-state index contributed by atoms with van der Waals surface area (Å²) in [4.78, 5) is 8.27. The third-order valence-corrected chi connectivity index (χ3v) is 5.71. The number of hydrogen-bond acceptors (Lipinski definition) is 5. The summed E-state index contributed by atoms with van der Waals surface area (Å²) in [6.07, 6.45) is 2.77. The Balaban J connectivity index is 1.74. The van der Waals surface area contributed by atoms with Crippen LogP contribution in [0.25, 0.3) is 0 Å². The molecule has 1 atom stereocenters. The fraction of sp³-hybridized carbons (Fsp3) is 0.375. The number of hydrogen-bond donors (Lipinski definition) is 0. The van der Waals surface area contributed by atoms with E-state index in [1.165, 1.54) is 16.4 Å². The molecule has 0 aliphatic carbocycles. The number of piperidine rings is 1. The van der Waals surface area contributed by atoms with Crippen molar-refractivity contribution in [2.75, 3.05) is 13.1 Å². The smallest absolute Gasteiger partial charge is 0.243 e. The van der Waals surface area contributed by atoms with Gasteiger partial charge in [-0.15, -0.1) is 0 Å². The van der Waals surface area contributed by atoms with E-state index in [2.05, 4.69) is 9.97 Å². The van der Waals surface area contributed by atoms with Gasteiger partial charge in [-0.2, -0.15) is 9.29 Å². The van der Waals surface area contributed by atoms with Crippen LogP contribution in [0, 0.1) is 12.7 Å². The lowest BCUT2D eigenvalue weighted by atomic mass is 10.1. The van der Waals surface area contributed by atoms with E-state index < -0.39 is 15.8 Å². The van der Waals surface area contributed by atoms with Gasteiger partial charge in [0.1, 0.15) is 17.7 Å². The summed E-state index contributed by atoms with van der Waals surface area (Å²) in [7, 11) is -3.66. The molecule has 1 saturated heterocycles. The molecule has 0 spiro atoms. The Morgan fingerprint density at radius 2 is 2.00 bits per heavy atom. The van der Waals surface area contributed by atoms with Gasteiger partial charge < -0.3 is 4.74 Å². The average Bonchev–Trinajstić information content (AvgIpc) is 2.55. The Labute approximate surface area is 140 Å². The predicted molar refractivity (Wildman–Crippen MR) is 85.6 cm³/mol. The Bertz CT molecular complexity index is 812. The predicted octanol–water partition coefficient (Wildman–Crippen LogP) is 2.16. The molecule has 1 unspecified atom stereocenters. The van der Waals surface area contributed by atoms with Gasteiger partial charge in [0.25, 0.3) is 0 Å². The first kappa shape index (κ1) is 16.8. The Kier molecular flexibility index (Phi) is 4.77. The molecule has 128 valence electrons. The molecule has 3 rings (SSSR count). The van der Waals surface area contributed by atoms with Crippen molar-refractivity contribution in [2.24, 2.45) is 0 Å². The van der Waals surface area contributed by atoms with Crippen LogP contribution in [0.2, 0.25) is 0 Å². The van der Waals surface area contributed by atoms with Crippen LogP contribution in [-0.4, -0.2) is 41.9 Å². The van der Waals surface area contributed by atoms with Crippen molar-refractivity contribution in [1.29, 1.82) is 0 Å². The maximum atomic E-state index is 13.0. The normalized spacial score (nSPS) is 19.2. The van der Waals surface area contributed by atoms with E-state index in [1.807, 2.05) is 0 Å². The summed E-state index contributed by atoms with van der Waals surface area (Å²) in [5, 5.41) is 0. The first-order valence-electron chi connectivity index (χ1n) is 7.67. The summed E-state index contributed by atoms with van der Waals surface area (Å²) in [6, 6.07) is 6.51. The van der Waals surface area contributed by atoms with Crippen molar-refractivity contribution in [3.63, 3.8) is 0 Å². The minimum absolute atomic E-state index is 0.0856. The molecule has 0 N–H and O–H groups in total. The number of ether oxygens (including phenoxy) is 1. The van der Waals surface area contributed by atoms with Crippen LogP contribution in [0.1, 0.15) is 18.7 Å². The summed E-state index contributed by atoms with van der Waals surface area (Å²) in [5.74, 6) is 0.570. The second kappa shape index (κ2) is 6.82. The fourth-order valence-electron chi connectivity index (χ4n) is 2.65. The fourth-order valence-corrected chi connectivity index (χ4v) is 4.16. The molecule has 6 nitrogen and oxygen atoms in total. The maximum Gasteiger partial charge on any atom is 0.243 e. The van der Waals surface area contributed by atoms with Gasteiger partial charge in [0.2, 0.25) is 15.9 Å². The zero-order chi connectivity index (χ0) is 17.2. The minimum atomic E-state index is -3.66. The topological polar surface area (TPSA) is 72.4 Å². The molecule has 0 amide bonds. The second-order valence-corrected chi connectivity index (χ2v) is 7.58. The number of aromatic nitrogens is 2. The number of rotatable bonds is 4. The van der Waals surface area contributed by atoms with E-state index in [4.69, 9.17) is 4.74 Å². The zero-order valence-corrected chi connectivity index (χ0v) is 14.0. The Morgan fingerprint density at radius 1 is 1.25 bits per heavy atom. The molecular weight excluding hydrogens is 333 g/mol. The highest BCUT2D eigenvalue weighted by molar-refractivity contribution is 7.89. The average molecular weight is 351 g/mol. The third kappa shape index (κ3) is 3.70. The summed E-state index contributed by atoms with van der Waals surface area (Å²) in [5.41, 5.74) is 0. The highest BCUT2D eigenvalue weighted by atomic mass is 32.2. The van der Waals surface area contributed by atoms with Crippen molar-refractivity contribution >= 4 is 10.0 Å². The van der Waals surface area contributed by atoms with Crippen LogP contribution in [0.15, 0.2) is 41.4 Å². The molecule has 1 fully saturated rings. The quantitative estimate of drug-likeness (QED) is 0.844.